The Kier molecular flexibility index (Phi) is 11.7. The molecule has 114 valence electrons. The number of azide groups is 1. The van der Waals surface area contributed by atoms with Gasteiger partial charge in [-0.2, -0.15) is 0 Å². The smallest absolute Gasteiger partial charge is 0.303 e. The van der Waals surface area contributed by atoms with Crippen LogP contribution in [0.3, 0.4) is 0 Å². The maximum absolute atomic E-state index is 10.0. The largest absolute Gasteiger partial charge is 0.481 e. The van der Waals surface area contributed by atoms with Gasteiger partial charge in [-0.25, -0.2) is 0 Å². The summed E-state index contributed by atoms with van der Waals surface area (Å²) in [5, 5.41) is 29.2. The lowest BCUT2D eigenvalue weighted by atomic mass is 10.1. The van der Waals surface area contributed by atoms with Gasteiger partial charge in [0.1, 0.15) is 0 Å². The summed E-state index contributed by atoms with van der Waals surface area (Å²) >= 11 is 0. The monoisotopic (exact) mass is 290 g/mol. The molecule has 0 amide bonds. The van der Waals surface area contributed by atoms with Crippen LogP contribution < -0.4 is 0 Å². The lowest BCUT2D eigenvalue weighted by Gasteiger charge is -1.98. The van der Waals surface area contributed by atoms with Crippen LogP contribution in [-0.4, -0.2) is 33.2 Å². The summed E-state index contributed by atoms with van der Waals surface area (Å²) in [5.74, 6) is -1.35. The van der Waals surface area contributed by atoms with Gasteiger partial charge >= 0.3 is 11.9 Å². The predicted octanol–water partition coefficient (Wildman–Crippen LogP) is 2.27. The van der Waals surface area contributed by atoms with Crippen LogP contribution in [0.15, 0.2) is 5.11 Å². The molecule has 1 unspecified atom stereocenters. The lowest BCUT2D eigenvalue weighted by molar-refractivity contribution is -0.521. The van der Waals surface area contributed by atoms with Gasteiger partial charge in [0.15, 0.2) is 0 Å². The zero-order valence-electron chi connectivity index (χ0n) is 11.3. The average molecular weight is 290 g/mol. The fourth-order valence-electron chi connectivity index (χ4n) is 0.930. The number of carboxylic acids is 2. The van der Waals surface area contributed by atoms with E-state index in [0.717, 1.165) is 6.42 Å². The van der Waals surface area contributed by atoms with Crippen molar-refractivity contribution in [1.82, 2.24) is 0 Å². The van der Waals surface area contributed by atoms with Crippen molar-refractivity contribution in [2.24, 2.45) is 11.0 Å². The summed E-state index contributed by atoms with van der Waals surface area (Å²) in [6.07, 6.45) is -1.06. The molecule has 20 heavy (non-hydrogen) atoms. The fraction of sp³-hybridized carbons (Fsp3) is 0.800. The number of nitro groups is 1. The Bertz CT molecular complexity index is 376. The van der Waals surface area contributed by atoms with Crippen LogP contribution >= 0.6 is 0 Å². The summed E-state index contributed by atoms with van der Waals surface area (Å²) < 4.78 is 0. The number of carbonyl (C=O) groups is 2. The molecule has 0 bridgehead atoms. The van der Waals surface area contributed by atoms with E-state index in [-0.39, 0.29) is 12.8 Å². The first-order valence-electron chi connectivity index (χ1n) is 5.82. The van der Waals surface area contributed by atoms with E-state index in [1.54, 1.807) is 0 Å². The number of carboxylic acid groups (broad SMARTS) is 2. The Hall–Kier alpha value is -2.35. The van der Waals surface area contributed by atoms with Crippen molar-refractivity contribution in [2.75, 3.05) is 0 Å². The normalized spacial score (nSPS) is 10.8. The van der Waals surface area contributed by atoms with Crippen LogP contribution in [0.1, 0.15) is 39.5 Å². The Morgan fingerprint density at radius 3 is 1.95 bits per heavy atom. The number of rotatable bonds is 8. The van der Waals surface area contributed by atoms with Gasteiger partial charge in [-0.15, -0.1) is 0 Å². The van der Waals surface area contributed by atoms with Gasteiger partial charge in [0.05, 0.1) is 6.42 Å². The second-order valence-corrected chi connectivity index (χ2v) is 4.23. The highest BCUT2D eigenvalue weighted by atomic mass is 16.6. The molecule has 0 rings (SSSR count). The molecular weight excluding hydrogens is 272 g/mol. The molecule has 0 aliphatic carbocycles. The first kappa shape index (κ1) is 20.0. The van der Waals surface area contributed by atoms with E-state index < -0.39 is 23.0 Å². The van der Waals surface area contributed by atoms with Gasteiger partial charge in [0.2, 0.25) is 0 Å². The first-order valence-corrected chi connectivity index (χ1v) is 5.82. The maximum Gasteiger partial charge on any atom is 0.303 e. The summed E-state index contributed by atoms with van der Waals surface area (Å²) in [5.41, 5.74) is 7.86. The topological polar surface area (TPSA) is 166 Å². The molecule has 0 radical (unpaired) electrons. The van der Waals surface area contributed by atoms with Gasteiger partial charge in [-0.05, 0) is 23.0 Å². The quantitative estimate of drug-likeness (QED) is 0.228. The van der Waals surface area contributed by atoms with Gasteiger partial charge < -0.3 is 10.2 Å². The minimum absolute atomic E-state index is 0.285. The van der Waals surface area contributed by atoms with E-state index in [0.29, 0.717) is 12.3 Å². The highest BCUT2D eigenvalue weighted by Crippen LogP contribution is 2.03. The molecule has 0 aromatic carbocycles. The Labute approximate surface area is 115 Å². The van der Waals surface area contributed by atoms with Crippen LogP contribution in [0.25, 0.3) is 10.4 Å². The van der Waals surface area contributed by atoms with Gasteiger partial charge in [0, 0.05) is 22.7 Å². The summed E-state index contributed by atoms with van der Waals surface area (Å²) in [6.45, 7) is 4.03. The molecule has 0 saturated heterocycles. The summed E-state index contributed by atoms with van der Waals surface area (Å²) in [6, 6.07) is 0. The number of nitrogens with zero attached hydrogens (tertiary/aromatic N) is 4. The van der Waals surface area contributed by atoms with Crippen LogP contribution in [0.2, 0.25) is 0 Å². The maximum atomic E-state index is 10.0. The van der Waals surface area contributed by atoms with Crippen molar-refractivity contribution in [3.63, 3.8) is 0 Å². The Balaban J connectivity index is 0. The van der Waals surface area contributed by atoms with Crippen LogP contribution in [-0.2, 0) is 9.59 Å². The molecule has 0 heterocycles. The van der Waals surface area contributed by atoms with Crippen LogP contribution in [0, 0.1) is 16.0 Å². The van der Waals surface area contributed by atoms with Crippen LogP contribution in [0.5, 0.6) is 0 Å². The molecule has 1 atom stereocenters. The third-order valence-corrected chi connectivity index (χ3v) is 1.98. The molecule has 10 heteroatoms. The van der Waals surface area contributed by atoms with E-state index >= 15 is 0 Å². The molecular formula is C10H18N4O6. The molecule has 0 spiro atoms. The lowest BCUT2D eigenvalue weighted by Crippen LogP contribution is -2.17. The molecule has 2 N–H and O–H groups in total. The molecule has 0 aliphatic rings. The van der Waals surface area contributed by atoms with Crippen LogP contribution in [0.4, 0.5) is 0 Å². The minimum atomic E-state index is -1.48. The zero-order valence-corrected chi connectivity index (χ0v) is 11.3. The molecule has 0 saturated carbocycles. The van der Waals surface area contributed by atoms with Gasteiger partial charge in [-0.3, -0.25) is 19.7 Å². The van der Waals surface area contributed by atoms with E-state index in [9.17, 15) is 19.7 Å². The second kappa shape index (κ2) is 11.7. The SMILES string of the molecule is CC(C)CCC(=O)O.[N-]=[N+]=NC(CCC(=O)O)[N+](=O)[O-]. The zero-order chi connectivity index (χ0) is 16.1. The summed E-state index contributed by atoms with van der Waals surface area (Å²) in [7, 11) is 0. The predicted molar refractivity (Wildman–Crippen MR) is 68.5 cm³/mol. The first-order chi connectivity index (χ1) is 9.20. The standard InChI is InChI=1S/C6H12O2.C4H6N4O4/c1-5(2)3-4-6(7)8;5-7-6-3(8(11)12)1-2-4(9)10/h5H,3-4H2,1-2H3,(H,7,8);3H,1-2H2,(H,9,10). The van der Waals surface area contributed by atoms with Crippen molar-refractivity contribution in [2.45, 2.75) is 45.7 Å². The fourth-order valence-corrected chi connectivity index (χ4v) is 0.930. The van der Waals surface area contributed by atoms with Gasteiger partial charge in [0.25, 0.3) is 6.17 Å². The van der Waals surface area contributed by atoms with Crippen molar-refractivity contribution < 1.29 is 24.7 Å². The van der Waals surface area contributed by atoms with E-state index in [1.165, 1.54) is 0 Å². The Morgan fingerprint density at radius 2 is 1.70 bits per heavy atom. The van der Waals surface area contributed by atoms with Crippen molar-refractivity contribution in [3.05, 3.63) is 20.6 Å². The highest BCUT2D eigenvalue weighted by Gasteiger charge is 2.18. The van der Waals surface area contributed by atoms with Crippen molar-refractivity contribution in [3.8, 4) is 0 Å². The van der Waals surface area contributed by atoms with Crippen molar-refractivity contribution in [1.29, 1.82) is 0 Å². The third-order valence-electron chi connectivity index (χ3n) is 1.98. The molecule has 0 fully saturated rings. The minimum Gasteiger partial charge on any atom is -0.481 e. The second-order valence-electron chi connectivity index (χ2n) is 4.23. The molecule has 10 nitrogen and oxygen atoms in total. The number of hydrogen-bond donors (Lipinski definition) is 2. The van der Waals surface area contributed by atoms with E-state index in [4.69, 9.17) is 15.7 Å². The molecule has 0 aromatic heterocycles. The average Bonchev–Trinajstić information content (AvgIpc) is 2.32. The molecule has 0 aliphatic heterocycles. The third kappa shape index (κ3) is 15.6. The number of hydrogen-bond acceptors (Lipinski definition) is 5. The Morgan fingerprint density at radius 1 is 1.25 bits per heavy atom. The van der Waals surface area contributed by atoms with Crippen molar-refractivity contribution >= 4 is 11.9 Å². The summed E-state index contributed by atoms with van der Waals surface area (Å²) in [4.78, 5) is 31.3. The van der Waals surface area contributed by atoms with E-state index in [1.807, 2.05) is 13.8 Å². The number of aliphatic carboxylic acids is 2. The van der Waals surface area contributed by atoms with Gasteiger partial charge in [-0.1, -0.05) is 13.8 Å². The highest BCUT2D eigenvalue weighted by molar-refractivity contribution is 5.66. The molecule has 0 aromatic rings. The van der Waals surface area contributed by atoms with E-state index in [2.05, 4.69) is 10.0 Å².